The molecule has 0 saturated carbocycles. The molecule has 6 heteroatoms. The van der Waals surface area contributed by atoms with Crippen molar-refractivity contribution in [1.82, 2.24) is 15.2 Å². The van der Waals surface area contributed by atoms with Crippen molar-refractivity contribution in [3.8, 4) is 0 Å². The summed E-state index contributed by atoms with van der Waals surface area (Å²) in [5.41, 5.74) is 1.13. The lowest BCUT2D eigenvalue weighted by atomic mass is 10.4. The first kappa shape index (κ1) is 17.4. The number of hydrogen-bond acceptors (Lipinski definition) is 6. The van der Waals surface area contributed by atoms with E-state index in [1.54, 1.807) is 18.4 Å². The number of aromatic nitrogens is 1. The topological polar surface area (TPSA) is 40.6 Å². The summed E-state index contributed by atoms with van der Waals surface area (Å²) in [6.07, 6.45) is 1.16. The van der Waals surface area contributed by atoms with Crippen molar-refractivity contribution in [2.24, 2.45) is 0 Å². The average Bonchev–Trinajstić information content (AvgIpc) is 2.76. The zero-order valence-electron chi connectivity index (χ0n) is 13.4. The van der Waals surface area contributed by atoms with Gasteiger partial charge in [-0.25, -0.2) is 4.98 Å². The largest absolute Gasteiger partial charge is 0.383 e. The molecule has 20 heavy (non-hydrogen) atoms. The van der Waals surface area contributed by atoms with Gasteiger partial charge in [0.1, 0.15) is 0 Å². The minimum Gasteiger partial charge on any atom is -0.383 e. The summed E-state index contributed by atoms with van der Waals surface area (Å²) in [5, 5.41) is 4.49. The van der Waals surface area contributed by atoms with Gasteiger partial charge in [0.25, 0.3) is 0 Å². The van der Waals surface area contributed by atoms with Gasteiger partial charge in [0.05, 0.1) is 12.3 Å². The van der Waals surface area contributed by atoms with Crippen LogP contribution in [0.25, 0.3) is 0 Å². The first-order chi connectivity index (χ1) is 9.54. The van der Waals surface area contributed by atoms with Gasteiger partial charge in [-0.3, -0.25) is 0 Å². The highest BCUT2D eigenvalue weighted by Gasteiger charge is 2.10. The Balaban J connectivity index is 2.42. The third kappa shape index (κ3) is 6.17. The Labute approximate surface area is 126 Å². The first-order valence-electron chi connectivity index (χ1n) is 7.06. The van der Waals surface area contributed by atoms with Gasteiger partial charge in [0.15, 0.2) is 5.13 Å². The van der Waals surface area contributed by atoms with Crippen LogP contribution in [0, 0.1) is 6.92 Å². The van der Waals surface area contributed by atoms with Gasteiger partial charge in [-0.1, -0.05) is 0 Å². The number of methoxy groups -OCH3 is 1. The quantitative estimate of drug-likeness (QED) is 0.664. The van der Waals surface area contributed by atoms with Gasteiger partial charge in [-0.05, 0) is 34.0 Å². The Kier molecular flexibility index (Phi) is 8.06. The molecule has 0 aliphatic rings. The second-order valence-corrected chi connectivity index (χ2v) is 6.32. The second-order valence-electron chi connectivity index (χ2n) is 5.25. The van der Waals surface area contributed by atoms with Crippen molar-refractivity contribution in [1.29, 1.82) is 0 Å². The number of nitrogens with zero attached hydrogens (tertiary/aromatic N) is 3. The van der Waals surface area contributed by atoms with E-state index in [1.807, 2.05) is 0 Å². The van der Waals surface area contributed by atoms with Gasteiger partial charge >= 0.3 is 0 Å². The summed E-state index contributed by atoms with van der Waals surface area (Å²) < 4.78 is 5.03. The number of thiazole rings is 1. The summed E-state index contributed by atoms with van der Waals surface area (Å²) in [4.78, 5) is 10.4. The molecule has 0 radical (unpaired) electrons. The Morgan fingerprint density at radius 3 is 2.65 bits per heavy atom. The van der Waals surface area contributed by atoms with Gasteiger partial charge in [0.2, 0.25) is 0 Å². The van der Waals surface area contributed by atoms with E-state index in [2.05, 4.69) is 48.2 Å². The van der Waals surface area contributed by atoms with E-state index in [4.69, 9.17) is 4.74 Å². The predicted molar refractivity (Wildman–Crippen MR) is 86.9 cm³/mol. The Bertz CT molecular complexity index is 381. The van der Waals surface area contributed by atoms with Gasteiger partial charge in [-0.15, -0.1) is 11.3 Å². The van der Waals surface area contributed by atoms with E-state index in [9.17, 15) is 0 Å². The number of hydrogen-bond donors (Lipinski definition) is 1. The molecule has 1 N–H and O–H groups in total. The van der Waals surface area contributed by atoms with Crippen LogP contribution >= 0.6 is 11.3 Å². The van der Waals surface area contributed by atoms with Crippen molar-refractivity contribution in [3.05, 3.63) is 10.6 Å². The number of nitrogens with one attached hydrogen (secondary N) is 1. The molecule has 0 bridgehead atoms. The first-order valence-corrected chi connectivity index (χ1v) is 7.88. The lowest BCUT2D eigenvalue weighted by Crippen LogP contribution is -2.23. The Morgan fingerprint density at radius 1 is 1.25 bits per heavy atom. The molecule has 0 saturated heterocycles. The molecule has 0 aromatic carbocycles. The molecule has 1 aromatic rings. The molecule has 5 nitrogen and oxygen atoms in total. The third-order valence-corrected chi connectivity index (χ3v) is 4.35. The van der Waals surface area contributed by atoms with E-state index in [1.165, 1.54) is 4.88 Å². The molecule has 1 heterocycles. The summed E-state index contributed by atoms with van der Waals surface area (Å²) in [7, 11) is 8.06. The highest BCUT2D eigenvalue weighted by atomic mass is 32.1. The van der Waals surface area contributed by atoms with Crippen molar-refractivity contribution in [3.63, 3.8) is 0 Å². The van der Waals surface area contributed by atoms with Gasteiger partial charge < -0.3 is 19.9 Å². The van der Waals surface area contributed by atoms with Crippen LogP contribution < -0.4 is 10.2 Å². The van der Waals surface area contributed by atoms with Crippen LogP contribution in [0.2, 0.25) is 0 Å². The average molecular weight is 300 g/mol. The molecule has 1 aromatic heterocycles. The Hall–Kier alpha value is -0.690. The van der Waals surface area contributed by atoms with Crippen LogP contribution in [-0.2, 0) is 11.3 Å². The van der Waals surface area contributed by atoms with E-state index in [-0.39, 0.29) is 0 Å². The predicted octanol–water partition coefficient (Wildman–Crippen LogP) is 1.58. The fourth-order valence-electron chi connectivity index (χ4n) is 1.84. The number of ether oxygens (including phenoxy) is 1. The number of anilines is 1. The second kappa shape index (κ2) is 9.28. The SMILES string of the molecule is COCCNCc1sc(N(C)CCCN(C)C)nc1C. The Morgan fingerprint density at radius 2 is 2.00 bits per heavy atom. The molecule has 116 valence electrons. The highest BCUT2D eigenvalue weighted by Crippen LogP contribution is 2.25. The summed E-state index contributed by atoms with van der Waals surface area (Å²) in [6, 6.07) is 0. The molecule has 0 aliphatic heterocycles. The molecule has 0 amide bonds. The minimum absolute atomic E-state index is 0.745. The molecule has 1 rings (SSSR count). The molecule has 0 spiro atoms. The van der Waals surface area contributed by atoms with E-state index in [0.717, 1.165) is 50.0 Å². The maximum absolute atomic E-state index is 5.03. The number of rotatable bonds is 10. The highest BCUT2D eigenvalue weighted by molar-refractivity contribution is 7.15. The summed E-state index contributed by atoms with van der Waals surface area (Å²) >= 11 is 1.78. The molecule has 0 atom stereocenters. The van der Waals surface area contributed by atoms with Gasteiger partial charge in [-0.2, -0.15) is 0 Å². The molecule has 0 aliphatic carbocycles. The van der Waals surface area contributed by atoms with Crippen molar-refractivity contribution >= 4 is 16.5 Å². The zero-order chi connectivity index (χ0) is 15.0. The van der Waals surface area contributed by atoms with E-state index >= 15 is 0 Å². The number of aryl methyl sites for hydroxylation is 1. The normalized spacial score (nSPS) is 11.3. The van der Waals surface area contributed by atoms with Crippen LogP contribution in [-0.4, -0.2) is 64.4 Å². The zero-order valence-corrected chi connectivity index (χ0v) is 14.2. The van der Waals surface area contributed by atoms with Gasteiger partial charge in [0, 0.05) is 38.7 Å². The lowest BCUT2D eigenvalue weighted by molar-refractivity contribution is 0.199. The lowest BCUT2D eigenvalue weighted by Gasteiger charge is -2.17. The monoisotopic (exact) mass is 300 g/mol. The van der Waals surface area contributed by atoms with Crippen molar-refractivity contribution in [2.75, 3.05) is 59.4 Å². The van der Waals surface area contributed by atoms with Crippen LogP contribution in [0.5, 0.6) is 0 Å². The summed E-state index contributed by atoms with van der Waals surface area (Å²) in [6.45, 7) is 6.73. The smallest absolute Gasteiger partial charge is 0.185 e. The molecule has 0 fully saturated rings. The van der Waals surface area contributed by atoms with Crippen LogP contribution in [0.15, 0.2) is 0 Å². The molecular formula is C14H28N4OS. The van der Waals surface area contributed by atoms with Crippen molar-refractivity contribution < 1.29 is 4.74 Å². The fourth-order valence-corrected chi connectivity index (χ4v) is 2.85. The minimum atomic E-state index is 0.745. The van der Waals surface area contributed by atoms with Crippen LogP contribution in [0.4, 0.5) is 5.13 Å². The summed E-state index contributed by atoms with van der Waals surface area (Å²) in [5.74, 6) is 0. The third-order valence-electron chi connectivity index (χ3n) is 3.08. The standard InChI is InChI=1S/C14H28N4OS/c1-12-13(11-15-7-10-19-5)20-14(16-12)18(4)9-6-8-17(2)3/h15H,6-11H2,1-5H3. The maximum Gasteiger partial charge on any atom is 0.185 e. The van der Waals surface area contributed by atoms with E-state index < -0.39 is 0 Å². The molecule has 0 unspecified atom stereocenters. The van der Waals surface area contributed by atoms with Crippen LogP contribution in [0.3, 0.4) is 0 Å². The van der Waals surface area contributed by atoms with E-state index in [0.29, 0.717) is 0 Å². The maximum atomic E-state index is 5.03. The van der Waals surface area contributed by atoms with Crippen LogP contribution in [0.1, 0.15) is 17.0 Å². The van der Waals surface area contributed by atoms with Crippen molar-refractivity contribution in [2.45, 2.75) is 19.9 Å². The fraction of sp³-hybridized carbons (Fsp3) is 0.786. The molecular weight excluding hydrogens is 272 g/mol.